The van der Waals surface area contributed by atoms with Crippen molar-refractivity contribution >= 4 is 5.69 Å². The summed E-state index contributed by atoms with van der Waals surface area (Å²) < 4.78 is 5.45. The molecule has 2 rings (SSSR count). The van der Waals surface area contributed by atoms with E-state index in [0.717, 1.165) is 44.8 Å². The number of hydrogen-bond acceptors (Lipinski definition) is 3. The van der Waals surface area contributed by atoms with Gasteiger partial charge in [-0.05, 0) is 37.4 Å². The van der Waals surface area contributed by atoms with E-state index in [1.54, 1.807) is 0 Å². The second-order valence-electron chi connectivity index (χ2n) is 4.61. The molecular weight excluding hydrogens is 212 g/mol. The molecular formula is C14H22N2O. The third-order valence-corrected chi connectivity index (χ3v) is 3.29. The van der Waals surface area contributed by atoms with Crippen molar-refractivity contribution in [2.45, 2.75) is 19.3 Å². The Kier molecular flexibility index (Phi) is 4.83. The number of rotatable bonds is 4. The lowest BCUT2D eigenvalue weighted by Gasteiger charge is -2.18. The molecule has 1 aliphatic rings. The van der Waals surface area contributed by atoms with E-state index in [1.807, 2.05) is 12.1 Å². The highest BCUT2D eigenvalue weighted by Crippen LogP contribution is 2.13. The van der Waals surface area contributed by atoms with Gasteiger partial charge >= 0.3 is 0 Å². The highest BCUT2D eigenvalue weighted by atomic mass is 16.5. The molecule has 1 heterocycles. The molecule has 2 N–H and O–H groups in total. The Morgan fingerprint density at radius 3 is 2.94 bits per heavy atom. The van der Waals surface area contributed by atoms with Crippen molar-refractivity contribution in [1.82, 2.24) is 4.90 Å². The van der Waals surface area contributed by atoms with Crippen LogP contribution in [0.25, 0.3) is 0 Å². The van der Waals surface area contributed by atoms with Crippen molar-refractivity contribution in [3.8, 4) is 0 Å². The minimum atomic E-state index is 0.882. The highest BCUT2D eigenvalue weighted by molar-refractivity contribution is 5.46. The van der Waals surface area contributed by atoms with Gasteiger partial charge in [0.15, 0.2) is 0 Å². The van der Waals surface area contributed by atoms with Crippen LogP contribution in [-0.2, 0) is 11.2 Å². The van der Waals surface area contributed by atoms with E-state index in [0.29, 0.717) is 0 Å². The van der Waals surface area contributed by atoms with Crippen LogP contribution in [0.15, 0.2) is 24.3 Å². The normalized spacial score (nSPS) is 17.9. The van der Waals surface area contributed by atoms with Crippen molar-refractivity contribution in [3.05, 3.63) is 29.8 Å². The molecule has 0 atom stereocenters. The lowest BCUT2D eigenvalue weighted by Crippen LogP contribution is -2.27. The molecule has 1 aromatic rings. The Bertz CT molecular complexity index is 333. The maximum atomic E-state index is 5.93. The van der Waals surface area contributed by atoms with Crippen LogP contribution in [-0.4, -0.2) is 37.7 Å². The van der Waals surface area contributed by atoms with Crippen molar-refractivity contribution in [3.63, 3.8) is 0 Å². The predicted molar refractivity (Wildman–Crippen MR) is 71.1 cm³/mol. The molecule has 0 radical (unpaired) electrons. The second-order valence-corrected chi connectivity index (χ2v) is 4.61. The Labute approximate surface area is 104 Å². The quantitative estimate of drug-likeness (QED) is 0.809. The van der Waals surface area contributed by atoms with Gasteiger partial charge in [0.1, 0.15) is 0 Å². The van der Waals surface area contributed by atoms with Gasteiger partial charge in [-0.3, -0.25) is 0 Å². The number of nitrogen functional groups attached to an aromatic ring is 1. The van der Waals surface area contributed by atoms with Crippen molar-refractivity contribution in [2.24, 2.45) is 0 Å². The molecule has 0 unspecified atom stereocenters. The number of anilines is 1. The van der Waals surface area contributed by atoms with Crippen LogP contribution in [0.4, 0.5) is 5.69 Å². The number of para-hydroxylation sites is 1. The van der Waals surface area contributed by atoms with Crippen LogP contribution in [0, 0.1) is 0 Å². The number of nitrogens with two attached hydrogens (primary N) is 1. The zero-order chi connectivity index (χ0) is 11.9. The van der Waals surface area contributed by atoms with E-state index < -0.39 is 0 Å². The number of nitrogens with zero attached hydrogens (tertiary/aromatic N) is 1. The molecule has 0 aliphatic carbocycles. The highest BCUT2D eigenvalue weighted by Gasteiger charge is 2.08. The molecule has 0 amide bonds. The smallest absolute Gasteiger partial charge is 0.0593 e. The molecule has 3 heteroatoms. The molecule has 0 saturated carbocycles. The fraction of sp³-hybridized carbons (Fsp3) is 0.571. The summed E-state index contributed by atoms with van der Waals surface area (Å²) >= 11 is 0. The third-order valence-electron chi connectivity index (χ3n) is 3.29. The van der Waals surface area contributed by atoms with Crippen LogP contribution < -0.4 is 5.73 Å². The summed E-state index contributed by atoms with van der Waals surface area (Å²) in [5, 5.41) is 0. The fourth-order valence-electron chi connectivity index (χ4n) is 2.28. The van der Waals surface area contributed by atoms with E-state index in [9.17, 15) is 0 Å². The maximum absolute atomic E-state index is 5.93. The van der Waals surface area contributed by atoms with Crippen LogP contribution in [0.3, 0.4) is 0 Å². The van der Waals surface area contributed by atoms with Gasteiger partial charge in [0.25, 0.3) is 0 Å². The molecule has 1 aromatic carbocycles. The molecule has 1 aliphatic heterocycles. The summed E-state index contributed by atoms with van der Waals surface area (Å²) in [7, 11) is 0. The lowest BCUT2D eigenvalue weighted by molar-refractivity contribution is 0.141. The van der Waals surface area contributed by atoms with Gasteiger partial charge in [0, 0.05) is 25.4 Å². The number of benzene rings is 1. The summed E-state index contributed by atoms with van der Waals surface area (Å²) in [6.07, 6.45) is 3.41. The van der Waals surface area contributed by atoms with Crippen LogP contribution in [0.2, 0.25) is 0 Å². The maximum Gasteiger partial charge on any atom is 0.0593 e. The van der Waals surface area contributed by atoms with Gasteiger partial charge in [-0.1, -0.05) is 18.2 Å². The average Bonchev–Trinajstić information content (AvgIpc) is 2.60. The Balaban J connectivity index is 1.73. The first-order valence-corrected chi connectivity index (χ1v) is 6.50. The number of aryl methyl sites for hydroxylation is 1. The summed E-state index contributed by atoms with van der Waals surface area (Å²) in [4.78, 5) is 2.49. The van der Waals surface area contributed by atoms with Crippen LogP contribution in [0.1, 0.15) is 18.4 Å². The predicted octanol–water partition coefficient (Wildman–Crippen LogP) is 1.92. The van der Waals surface area contributed by atoms with Crippen molar-refractivity contribution < 1.29 is 4.74 Å². The minimum Gasteiger partial charge on any atom is -0.399 e. The summed E-state index contributed by atoms with van der Waals surface area (Å²) in [5.41, 5.74) is 8.13. The first-order valence-electron chi connectivity index (χ1n) is 6.50. The topological polar surface area (TPSA) is 38.5 Å². The Hall–Kier alpha value is -1.06. The molecule has 0 bridgehead atoms. The van der Waals surface area contributed by atoms with Gasteiger partial charge < -0.3 is 15.4 Å². The first-order chi connectivity index (χ1) is 8.36. The van der Waals surface area contributed by atoms with Gasteiger partial charge in [-0.2, -0.15) is 0 Å². The standard InChI is InChI=1S/C14H22N2O/c15-14-7-2-1-5-13(14)6-3-8-16-9-4-11-17-12-10-16/h1-2,5,7H,3-4,6,8-12,15H2. The molecule has 1 fully saturated rings. The molecule has 0 aromatic heterocycles. The summed E-state index contributed by atoms with van der Waals surface area (Å²) in [5.74, 6) is 0. The molecule has 3 nitrogen and oxygen atoms in total. The van der Waals surface area contributed by atoms with Gasteiger partial charge in [0.2, 0.25) is 0 Å². The first kappa shape index (κ1) is 12.4. The average molecular weight is 234 g/mol. The zero-order valence-electron chi connectivity index (χ0n) is 10.4. The van der Waals surface area contributed by atoms with Gasteiger partial charge in [-0.25, -0.2) is 0 Å². The Morgan fingerprint density at radius 1 is 1.18 bits per heavy atom. The van der Waals surface area contributed by atoms with E-state index in [-0.39, 0.29) is 0 Å². The third kappa shape index (κ3) is 4.02. The van der Waals surface area contributed by atoms with Gasteiger partial charge in [0.05, 0.1) is 6.61 Å². The van der Waals surface area contributed by atoms with E-state index in [2.05, 4.69) is 17.0 Å². The summed E-state index contributed by atoms with van der Waals surface area (Å²) in [6, 6.07) is 8.16. The van der Waals surface area contributed by atoms with Crippen molar-refractivity contribution in [2.75, 3.05) is 38.6 Å². The fourth-order valence-corrected chi connectivity index (χ4v) is 2.28. The van der Waals surface area contributed by atoms with Crippen LogP contribution in [0.5, 0.6) is 0 Å². The molecule has 0 spiro atoms. The molecule has 1 saturated heterocycles. The van der Waals surface area contributed by atoms with E-state index in [1.165, 1.54) is 18.5 Å². The van der Waals surface area contributed by atoms with Crippen LogP contribution >= 0.6 is 0 Å². The number of hydrogen-bond donors (Lipinski definition) is 1. The lowest BCUT2D eigenvalue weighted by atomic mass is 10.1. The minimum absolute atomic E-state index is 0.882. The SMILES string of the molecule is Nc1ccccc1CCCN1CCCOCC1. The summed E-state index contributed by atoms with van der Waals surface area (Å²) in [6.45, 7) is 5.20. The van der Waals surface area contributed by atoms with E-state index in [4.69, 9.17) is 10.5 Å². The molecule has 94 valence electrons. The largest absolute Gasteiger partial charge is 0.399 e. The zero-order valence-corrected chi connectivity index (χ0v) is 10.4. The van der Waals surface area contributed by atoms with E-state index >= 15 is 0 Å². The Morgan fingerprint density at radius 2 is 2.06 bits per heavy atom. The van der Waals surface area contributed by atoms with Crippen molar-refractivity contribution in [1.29, 1.82) is 0 Å². The second kappa shape index (κ2) is 6.62. The monoisotopic (exact) mass is 234 g/mol. The molecule has 17 heavy (non-hydrogen) atoms. The number of ether oxygens (including phenoxy) is 1. The van der Waals surface area contributed by atoms with Gasteiger partial charge in [-0.15, -0.1) is 0 Å².